The number of hydrogen-bond acceptors (Lipinski definition) is 4. The van der Waals surface area contributed by atoms with Gasteiger partial charge in [-0.15, -0.1) is 0 Å². The van der Waals surface area contributed by atoms with Gasteiger partial charge >= 0.3 is 0 Å². The molecule has 0 fully saturated rings. The number of benzene rings is 1. The van der Waals surface area contributed by atoms with Crippen LogP contribution in [0, 0.1) is 6.92 Å². The quantitative estimate of drug-likeness (QED) is 0.636. The van der Waals surface area contributed by atoms with Gasteiger partial charge in [0, 0.05) is 29.0 Å². The van der Waals surface area contributed by atoms with Crippen molar-refractivity contribution in [1.29, 1.82) is 0 Å². The number of aromatic amines is 1. The average molecular weight is 338 g/mol. The van der Waals surface area contributed by atoms with Crippen molar-refractivity contribution in [2.75, 3.05) is 14.1 Å². The van der Waals surface area contributed by atoms with Crippen molar-refractivity contribution >= 4 is 29.3 Å². The molecule has 1 N–H and O–H groups in total. The molecule has 1 heterocycles. The Hall–Kier alpha value is -1.30. The van der Waals surface area contributed by atoms with Gasteiger partial charge in [-0.1, -0.05) is 24.6 Å². The molecule has 118 valence electrons. The Kier molecular flexibility index (Phi) is 5.67. The Labute approximate surface area is 140 Å². The van der Waals surface area contributed by atoms with Crippen molar-refractivity contribution in [1.82, 2.24) is 14.5 Å². The zero-order valence-corrected chi connectivity index (χ0v) is 14.8. The first kappa shape index (κ1) is 17.1. The summed E-state index contributed by atoms with van der Waals surface area (Å²) in [7, 11) is 3.96. The number of carbonyl (C=O) groups excluding carboxylic acids is 1. The van der Waals surface area contributed by atoms with Gasteiger partial charge in [0.25, 0.3) is 0 Å². The predicted molar refractivity (Wildman–Crippen MR) is 91.7 cm³/mol. The molecule has 2 aromatic rings. The number of halogens is 1. The van der Waals surface area contributed by atoms with Crippen molar-refractivity contribution < 1.29 is 4.79 Å². The summed E-state index contributed by atoms with van der Waals surface area (Å²) in [5.74, 6) is 0.0604. The van der Waals surface area contributed by atoms with Crippen LogP contribution in [0.15, 0.2) is 23.1 Å². The molecule has 0 unspecified atom stereocenters. The number of nitrogens with zero attached hydrogens (tertiary/aromatic N) is 2. The molecule has 0 amide bonds. The van der Waals surface area contributed by atoms with E-state index < -0.39 is 0 Å². The van der Waals surface area contributed by atoms with Gasteiger partial charge in [-0.25, -0.2) is 0 Å². The van der Waals surface area contributed by atoms with Crippen molar-refractivity contribution in [2.45, 2.75) is 31.6 Å². The number of nitrogens with one attached hydrogen (secondary N) is 1. The first-order valence-corrected chi connectivity index (χ1v) is 8.28. The van der Waals surface area contributed by atoms with E-state index in [0.29, 0.717) is 18.5 Å². The van der Waals surface area contributed by atoms with Crippen LogP contribution in [0.5, 0.6) is 0 Å². The highest BCUT2D eigenvalue weighted by molar-refractivity contribution is 7.97. The lowest BCUT2D eigenvalue weighted by Crippen LogP contribution is -2.03. The number of rotatable bonds is 6. The van der Waals surface area contributed by atoms with E-state index in [1.807, 2.05) is 50.4 Å². The minimum absolute atomic E-state index is 0.0604. The highest BCUT2D eigenvalue weighted by Gasteiger charge is 2.17. The summed E-state index contributed by atoms with van der Waals surface area (Å²) >= 11 is 7.93. The predicted octanol–water partition coefficient (Wildman–Crippen LogP) is 4.12. The standard InChI is InChI=1S/C16H20ClN3OS/c1-5-14(21)16-12(10(2)18-19-16)8-11-6-7-15(13(17)9-11)22-20(3)4/h6-7,9H,5,8H2,1-4H3,(H,18,19). The average Bonchev–Trinajstić information content (AvgIpc) is 2.82. The molecule has 0 spiro atoms. The first-order chi connectivity index (χ1) is 10.4. The van der Waals surface area contributed by atoms with Gasteiger partial charge in [-0.05, 0) is 50.7 Å². The van der Waals surface area contributed by atoms with Crippen LogP contribution in [0.2, 0.25) is 5.02 Å². The third-order valence-electron chi connectivity index (χ3n) is 3.32. The minimum Gasteiger partial charge on any atom is -0.292 e. The Morgan fingerprint density at radius 3 is 2.73 bits per heavy atom. The van der Waals surface area contributed by atoms with Gasteiger partial charge in [0.1, 0.15) is 5.69 Å². The molecule has 0 aliphatic carbocycles. The highest BCUT2D eigenvalue weighted by atomic mass is 35.5. The van der Waals surface area contributed by atoms with Crippen LogP contribution in [0.1, 0.15) is 40.7 Å². The van der Waals surface area contributed by atoms with Gasteiger partial charge in [0.05, 0.1) is 5.02 Å². The first-order valence-electron chi connectivity index (χ1n) is 7.13. The SMILES string of the molecule is CCC(=O)c1n[nH]c(C)c1Cc1ccc(SN(C)C)c(Cl)c1. The molecule has 0 aliphatic heterocycles. The lowest BCUT2D eigenvalue weighted by atomic mass is 10.0. The lowest BCUT2D eigenvalue weighted by Gasteiger charge is -2.11. The molecular weight excluding hydrogens is 318 g/mol. The highest BCUT2D eigenvalue weighted by Crippen LogP contribution is 2.30. The monoisotopic (exact) mass is 337 g/mol. The van der Waals surface area contributed by atoms with Crippen molar-refractivity contribution in [3.8, 4) is 0 Å². The van der Waals surface area contributed by atoms with E-state index in [0.717, 1.165) is 26.7 Å². The van der Waals surface area contributed by atoms with E-state index in [-0.39, 0.29) is 5.78 Å². The summed E-state index contributed by atoms with van der Waals surface area (Å²) < 4.78 is 2.00. The molecule has 4 nitrogen and oxygen atoms in total. The number of carbonyl (C=O) groups is 1. The molecule has 0 radical (unpaired) electrons. The molecule has 0 aliphatic rings. The van der Waals surface area contributed by atoms with Crippen LogP contribution in [0.3, 0.4) is 0 Å². The summed E-state index contributed by atoms with van der Waals surface area (Å²) in [5, 5.41) is 7.78. The van der Waals surface area contributed by atoms with Crippen LogP contribution in [-0.4, -0.2) is 34.4 Å². The minimum atomic E-state index is 0.0604. The third-order valence-corrected chi connectivity index (χ3v) is 4.66. The molecule has 1 aromatic carbocycles. The molecule has 1 aromatic heterocycles. The van der Waals surface area contributed by atoms with Gasteiger partial charge in [-0.3, -0.25) is 14.2 Å². The maximum Gasteiger partial charge on any atom is 0.183 e. The number of aromatic nitrogens is 2. The largest absolute Gasteiger partial charge is 0.292 e. The van der Waals surface area contributed by atoms with E-state index in [2.05, 4.69) is 10.2 Å². The van der Waals surface area contributed by atoms with E-state index in [1.54, 1.807) is 11.9 Å². The molecular formula is C16H20ClN3OS. The Morgan fingerprint density at radius 2 is 2.14 bits per heavy atom. The zero-order chi connectivity index (χ0) is 16.3. The second-order valence-corrected chi connectivity index (χ2v) is 7.06. The van der Waals surface area contributed by atoms with Crippen LogP contribution >= 0.6 is 23.5 Å². The zero-order valence-electron chi connectivity index (χ0n) is 13.2. The maximum absolute atomic E-state index is 12.0. The topological polar surface area (TPSA) is 49.0 Å². The fourth-order valence-electron chi connectivity index (χ4n) is 2.20. The molecule has 0 bridgehead atoms. The van der Waals surface area contributed by atoms with E-state index in [4.69, 9.17) is 11.6 Å². The third kappa shape index (κ3) is 3.91. The summed E-state index contributed by atoms with van der Waals surface area (Å²) in [6, 6.07) is 6.02. The fourth-order valence-corrected chi connectivity index (χ4v) is 3.17. The number of aryl methyl sites for hydroxylation is 1. The van der Waals surface area contributed by atoms with E-state index in [1.165, 1.54) is 0 Å². The van der Waals surface area contributed by atoms with Crippen molar-refractivity contribution in [2.24, 2.45) is 0 Å². The Balaban J connectivity index is 2.26. The molecule has 0 saturated carbocycles. The fraction of sp³-hybridized carbons (Fsp3) is 0.375. The van der Waals surface area contributed by atoms with Crippen LogP contribution in [0.25, 0.3) is 0 Å². The number of Topliss-reactive ketones (excluding diaryl/α,β-unsaturated/α-hetero) is 1. The van der Waals surface area contributed by atoms with Crippen molar-refractivity contribution in [3.63, 3.8) is 0 Å². The smallest absolute Gasteiger partial charge is 0.183 e. The van der Waals surface area contributed by atoms with Crippen LogP contribution < -0.4 is 0 Å². The summed E-state index contributed by atoms with van der Waals surface area (Å²) in [6.07, 6.45) is 1.10. The van der Waals surface area contributed by atoms with E-state index in [9.17, 15) is 4.79 Å². The Bertz CT molecular complexity index is 682. The summed E-state index contributed by atoms with van der Waals surface area (Å²) in [4.78, 5) is 13.0. The van der Waals surface area contributed by atoms with Crippen LogP contribution in [-0.2, 0) is 6.42 Å². The molecule has 0 atom stereocenters. The number of H-pyrrole nitrogens is 1. The second-order valence-electron chi connectivity index (χ2n) is 5.30. The molecule has 22 heavy (non-hydrogen) atoms. The van der Waals surface area contributed by atoms with Gasteiger partial charge in [0.15, 0.2) is 5.78 Å². The van der Waals surface area contributed by atoms with Gasteiger partial charge in [0.2, 0.25) is 0 Å². The second kappa shape index (κ2) is 7.31. The molecule has 2 rings (SSSR count). The molecule has 6 heteroatoms. The summed E-state index contributed by atoms with van der Waals surface area (Å²) in [5.41, 5.74) is 3.50. The van der Waals surface area contributed by atoms with Crippen molar-refractivity contribution in [3.05, 3.63) is 45.7 Å². The summed E-state index contributed by atoms with van der Waals surface area (Å²) in [6.45, 7) is 3.78. The van der Waals surface area contributed by atoms with Gasteiger partial charge < -0.3 is 0 Å². The number of ketones is 1. The normalized spacial score (nSPS) is 11.2. The molecule has 0 saturated heterocycles. The van der Waals surface area contributed by atoms with Gasteiger partial charge in [-0.2, -0.15) is 5.10 Å². The number of hydrogen-bond donors (Lipinski definition) is 1. The van der Waals surface area contributed by atoms with E-state index >= 15 is 0 Å². The Morgan fingerprint density at radius 1 is 1.41 bits per heavy atom. The van der Waals surface area contributed by atoms with Crippen LogP contribution in [0.4, 0.5) is 0 Å². The lowest BCUT2D eigenvalue weighted by molar-refractivity contribution is 0.0982. The maximum atomic E-state index is 12.0.